The largest absolute Gasteiger partial charge is 0.479 e. The zero-order chi connectivity index (χ0) is 20.4. The number of aliphatic carboxylic acids is 1. The van der Waals surface area contributed by atoms with Crippen molar-refractivity contribution in [1.82, 2.24) is 10.3 Å². The molecular formula is C17H30N3O6P. The van der Waals surface area contributed by atoms with Gasteiger partial charge in [-0.15, -0.1) is 0 Å². The van der Waals surface area contributed by atoms with Gasteiger partial charge in [-0.2, -0.15) is 0 Å². The van der Waals surface area contributed by atoms with Crippen molar-refractivity contribution >= 4 is 19.5 Å². The molecule has 0 aliphatic carbocycles. The Kier molecular flexibility index (Phi) is 9.59. The number of carboxylic acid groups (broad SMARTS) is 1. The van der Waals surface area contributed by atoms with Crippen LogP contribution in [0, 0.1) is 5.92 Å². The number of rotatable bonds is 12. The molecule has 1 amide bonds. The lowest BCUT2D eigenvalue weighted by atomic mass is 10.1. The van der Waals surface area contributed by atoms with Crippen LogP contribution < -0.4 is 11.1 Å². The smallest absolute Gasteiger partial charge is 0.351 e. The van der Waals surface area contributed by atoms with Crippen LogP contribution in [0.2, 0.25) is 0 Å². The SMILES string of the molecule is CC(C)C(NC(=O)Cc1ccccn1)P(=O)(O)OC(CCCCN)C(=O)O.[HH]. The van der Waals surface area contributed by atoms with Crippen molar-refractivity contribution in [2.75, 3.05) is 6.54 Å². The Balaban J connectivity index is 0.00000729. The molecule has 0 aliphatic rings. The molecule has 27 heavy (non-hydrogen) atoms. The number of carboxylic acids is 1. The summed E-state index contributed by atoms with van der Waals surface area (Å²) in [7, 11) is -4.44. The van der Waals surface area contributed by atoms with Crippen LogP contribution in [0.3, 0.4) is 0 Å². The van der Waals surface area contributed by atoms with Gasteiger partial charge >= 0.3 is 13.6 Å². The Morgan fingerprint density at radius 1 is 1.37 bits per heavy atom. The molecule has 1 heterocycles. The number of carbonyl (C=O) groups excluding carboxylic acids is 1. The van der Waals surface area contributed by atoms with Crippen LogP contribution in [0.1, 0.15) is 40.2 Å². The monoisotopic (exact) mass is 403 g/mol. The van der Waals surface area contributed by atoms with E-state index in [2.05, 4.69) is 10.3 Å². The Bertz CT molecular complexity index is 662. The first kappa shape index (κ1) is 23.2. The minimum atomic E-state index is -4.44. The molecule has 0 aliphatic heterocycles. The number of hydrogen-bond acceptors (Lipinski definition) is 6. The van der Waals surface area contributed by atoms with E-state index in [1.54, 1.807) is 38.2 Å². The summed E-state index contributed by atoms with van der Waals surface area (Å²) in [6, 6.07) is 5.11. The van der Waals surface area contributed by atoms with Crippen LogP contribution in [-0.4, -0.2) is 45.3 Å². The molecular weight excluding hydrogens is 373 g/mol. The average Bonchev–Trinajstić information content (AvgIpc) is 2.59. The van der Waals surface area contributed by atoms with Crippen LogP contribution in [0.15, 0.2) is 24.4 Å². The van der Waals surface area contributed by atoms with Gasteiger partial charge in [0.15, 0.2) is 6.10 Å². The highest BCUT2D eigenvalue weighted by Gasteiger charge is 2.40. The number of hydrogen-bond donors (Lipinski definition) is 4. The second-order valence-electron chi connectivity index (χ2n) is 6.54. The summed E-state index contributed by atoms with van der Waals surface area (Å²) >= 11 is 0. The van der Waals surface area contributed by atoms with E-state index in [0.29, 0.717) is 25.1 Å². The van der Waals surface area contributed by atoms with Gasteiger partial charge in [0.1, 0.15) is 5.78 Å². The van der Waals surface area contributed by atoms with Crippen LogP contribution in [0.4, 0.5) is 0 Å². The van der Waals surface area contributed by atoms with E-state index >= 15 is 0 Å². The van der Waals surface area contributed by atoms with Gasteiger partial charge in [0.2, 0.25) is 5.91 Å². The molecule has 1 aromatic rings. The molecule has 0 spiro atoms. The molecule has 0 radical (unpaired) electrons. The first-order valence-corrected chi connectivity index (χ1v) is 10.4. The lowest BCUT2D eigenvalue weighted by molar-refractivity contribution is -0.145. The topological polar surface area (TPSA) is 152 Å². The molecule has 3 unspecified atom stereocenters. The van der Waals surface area contributed by atoms with Crippen LogP contribution in [0.5, 0.6) is 0 Å². The van der Waals surface area contributed by atoms with Gasteiger partial charge in [-0.3, -0.25) is 18.9 Å². The van der Waals surface area contributed by atoms with Crippen LogP contribution >= 0.6 is 7.60 Å². The number of nitrogens with two attached hydrogens (primary N) is 1. The predicted octanol–water partition coefficient (Wildman–Crippen LogP) is 1.75. The Hall–Kier alpha value is -1.80. The molecule has 3 atom stereocenters. The fourth-order valence-electron chi connectivity index (χ4n) is 2.45. The molecule has 0 aromatic carbocycles. The summed E-state index contributed by atoms with van der Waals surface area (Å²) in [5.74, 6) is -3.51. The van der Waals surface area contributed by atoms with E-state index < -0.39 is 37.3 Å². The second-order valence-corrected chi connectivity index (χ2v) is 8.43. The van der Waals surface area contributed by atoms with E-state index in [9.17, 15) is 24.2 Å². The highest BCUT2D eigenvalue weighted by Crippen LogP contribution is 2.50. The highest BCUT2D eigenvalue weighted by molar-refractivity contribution is 7.53. The number of aromatic nitrogens is 1. The Morgan fingerprint density at radius 3 is 2.59 bits per heavy atom. The van der Waals surface area contributed by atoms with Gasteiger partial charge < -0.3 is 21.1 Å². The molecule has 0 bridgehead atoms. The van der Waals surface area contributed by atoms with Crippen molar-refractivity contribution in [3.63, 3.8) is 0 Å². The maximum atomic E-state index is 12.7. The number of pyridine rings is 1. The molecule has 0 saturated heterocycles. The quantitative estimate of drug-likeness (QED) is 0.304. The number of nitrogens with zero attached hydrogens (tertiary/aromatic N) is 1. The summed E-state index contributed by atoms with van der Waals surface area (Å²) in [5.41, 5.74) is 5.89. The van der Waals surface area contributed by atoms with Crippen LogP contribution in [-0.2, 0) is 25.1 Å². The van der Waals surface area contributed by atoms with Gasteiger partial charge in [0, 0.05) is 13.3 Å². The van der Waals surface area contributed by atoms with E-state index in [1.165, 1.54) is 0 Å². The summed E-state index contributed by atoms with van der Waals surface area (Å²) in [6.07, 6.45) is 1.12. The van der Waals surface area contributed by atoms with Crippen molar-refractivity contribution in [2.45, 2.75) is 51.4 Å². The number of nitrogens with one attached hydrogen (secondary N) is 1. The molecule has 10 heteroatoms. The molecule has 5 N–H and O–H groups in total. The van der Waals surface area contributed by atoms with Gasteiger partial charge in [0.05, 0.1) is 6.42 Å². The third-order valence-electron chi connectivity index (χ3n) is 3.83. The average molecular weight is 403 g/mol. The van der Waals surface area contributed by atoms with Gasteiger partial charge in [0.25, 0.3) is 0 Å². The minimum absolute atomic E-state index is 0. The van der Waals surface area contributed by atoms with Gasteiger partial charge in [-0.25, -0.2) is 4.79 Å². The maximum Gasteiger partial charge on any atom is 0.351 e. The zero-order valence-corrected chi connectivity index (χ0v) is 16.5. The number of carbonyl (C=O) groups is 2. The van der Waals surface area contributed by atoms with Crippen molar-refractivity contribution in [3.05, 3.63) is 30.1 Å². The van der Waals surface area contributed by atoms with Gasteiger partial charge in [-0.1, -0.05) is 19.9 Å². The first-order valence-electron chi connectivity index (χ1n) is 8.80. The third-order valence-corrected chi connectivity index (χ3v) is 5.82. The van der Waals surface area contributed by atoms with Crippen molar-refractivity contribution < 1.29 is 30.1 Å². The van der Waals surface area contributed by atoms with Crippen LogP contribution in [0.25, 0.3) is 0 Å². The zero-order valence-electron chi connectivity index (χ0n) is 15.6. The lowest BCUT2D eigenvalue weighted by Gasteiger charge is -2.28. The van der Waals surface area contributed by atoms with E-state index in [1.807, 2.05) is 0 Å². The molecule has 1 rings (SSSR count). The second kappa shape index (κ2) is 11.1. The van der Waals surface area contributed by atoms with E-state index in [4.69, 9.17) is 10.3 Å². The van der Waals surface area contributed by atoms with Crippen molar-refractivity contribution in [1.29, 1.82) is 0 Å². The van der Waals surface area contributed by atoms with E-state index in [0.717, 1.165) is 0 Å². The fourth-order valence-corrected chi connectivity index (χ4v) is 4.20. The van der Waals surface area contributed by atoms with Crippen molar-refractivity contribution in [3.8, 4) is 0 Å². The summed E-state index contributed by atoms with van der Waals surface area (Å²) in [5, 5.41) is 11.7. The minimum Gasteiger partial charge on any atom is -0.479 e. The first-order chi connectivity index (χ1) is 12.7. The van der Waals surface area contributed by atoms with Gasteiger partial charge in [-0.05, 0) is 43.9 Å². The molecule has 0 saturated carbocycles. The fraction of sp³-hybridized carbons (Fsp3) is 0.588. The Labute approximate surface area is 160 Å². The van der Waals surface area contributed by atoms with E-state index in [-0.39, 0.29) is 14.3 Å². The summed E-state index contributed by atoms with van der Waals surface area (Å²) < 4.78 is 17.8. The lowest BCUT2D eigenvalue weighted by Crippen LogP contribution is -2.41. The molecule has 1 aromatic heterocycles. The molecule has 9 nitrogen and oxygen atoms in total. The van der Waals surface area contributed by atoms with Crippen molar-refractivity contribution in [2.24, 2.45) is 11.7 Å². The maximum absolute atomic E-state index is 12.7. The summed E-state index contributed by atoms with van der Waals surface area (Å²) in [6.45, 7) is 3.67. The number of amides is 1. The molecule has 0 fully saturated rings. The standard InChI is InChI=1S/C17H28N3O6P.H2/c1-12(2)16(20-15(21)11-13-7-4-6-10-19-13)27(24,25)26-14(17(22)23)8-3-5-9-18;/h4,6-7,10,12,14,16H,3,5,8-9,11,18H2,1-2H3,(H,20,21)(H,22,23)(H,24,25);1H. The highest BCUT2D eigenvalue weighted by atomic mass is 31.2. The number of unbranched alkanes of at least 4 members (excludes halogenated alkanes) is 1. The Morgan fingerprint density at radius 2 is 2.07 bits per heavy atom. The third kappa shape index (κ3) is 8.17. The predicted molar refractivity (Wildman–Crippen MR) is 102 cm³/mol. The summed E-state index contributed by atoms with van der Waals surface area (Å²) in [4.78, 5) is 38.0. The normalized spacial score (nSPS) is 15.7. The molecule has 154 valence electrons.